The van der Waals surface area contributed by atoms with Gasteiger partial charge in [0.05, 0.1) is 16.6 Å². The van der Waals surface area contributed by atoms with E-state index in [1.807, 2.05) is 6.92 Å². The van der Waals surface area contributed by atoms with Crippen molar-refractivity contribution in [2.75, 3.05) is 5.32 Å². The molecule has 1 aromatic rings. The molecule has 19 heavy (non-hydrogen) atoms. The number of nitrogens with one attached hydrogen (secondary N) is 1. The van der Waals surface area contributed by atoms with Crippen LogP contribution >= 0.6 is 11.6 Å². The molecule has 5 N–H and O–H groups in total. The molecule has 1 aromatic carbocycles. The molecule has 0 aliphatic rings. The van der Waals surface area contributed by atoms with Crippen molar-refractivity contribution < 1.29 is 9.59 Å². The van der Waals surface area contributed by atoms with Gasteiger partial charge in [0.1, 0.15) is 0 Å². The summed E-state index contributed by atoms with van der Waals surface area (Å²) in [6.45, 7) is 2.03. The van der Waals surface area contributed by atoms with Crippen LogP contribution in [0, 0.1) is 0 Å². The molecule has 0 spiro atoms. The number of benzene rings is 1. The van der Waals surface area contributed by atoms with Crippen LogP contribution in [0.3, 0.4) is 0 Å². The van der Waals surface area contributed by atoms with Gasteiger partial charge in [-0.25, -0.2) is 0 Å². The smallest absolute Gasteiger partial charge is 0.250 e. The summed E-state index contributed by atoms with van der Waals surface area (Å²) in [5.41, 5.74) is 11.6. The minimum absolute atomic E-state index is 0.168. The van der Waals surface area contributed by atoms with Crippen LogP contribution in [0.5, 0.6) is 0 Å². The van der Waals surface area contributed by atoms with Crippen molar-refractivity contribution in [1.82, 2.24) is 0 Å². The predicted octanol–water partition coefficient (Wildman–Crippen LogP) is 1.89. The molecule has 0 heterocycles. The van der Waals surface area contributed by atoms with E-state index < -0.39 is 11.9 Å². The van der Waals surface area contributed by atoms with Crippen molar-refractivity contribution in [1.29, 1.82) is 0 Å². The van der Waals surface area contributed by atoms with E-state index in [-0.39, 0.29) is 16.5 Å². The molecule has 6 heteroatoms. The Bertz CT molecular complexity index is 477. The zero-order chi connectivity index (χ0) is 14.4. The van der Waals surface area contributed by atoms with Gasteiger partial charge in [0.25, 0.3) is 0 Å². The Hall–Kier alpha value is -1.59. The van der Waals surface area contributed by atoms with Crippen LogP contribution in [0.25, 0.3) is 0 Å². The third-order valence-corrected chi connectivity index (χ3v) is 3.03. The number of hydrogen-bond acceptors (Lipinski definition) is 3. The maximum absolute atomic E-state index is 11.8. The van der Waals surface area contributed by atoms with Crippen molar-refractivity contribution in [3.8, 4) is 0 Å². The van der Waals surface area contributed by atoms with Gasteiger partial charge in [-0.2, -0.15) is 0 Å². The molecule has 0 aliphatic heterocycles. The standard InChI is InChI=1S/C13H18ClN3O2/c1-2-3-4-11(15)13(19)17-8-5-6-10(14)9(7-8)12(16)18/h5-7,11H,2-4,15H2,1H3,(H2,16,18)(H,17,19)/t11-/m0/s1. The van der Waals surface area contributed by atoms with E-state index >= 15 is 0 Å². The Morgan fingerprint density at radius 3 is 2.68 bits per heavy atom. The first-order valence-electron chi connectivity index (χ1n) is 6.11. The summed E-state index contributed by atoms with van der Waals surface area (Å²) in [6, 6.07) is 3.98. The molecular formula is C13H18ClN3O2. The average molecular weight is 284 g/mol. The first-order valence-corrected chi connectivity index (χ1v) is 6.49. The number of unbranched alkanes of at least 4 members (excludes halogenated alkanes) is 1. The average Bonchev–Trinajstić information content (AvgIpc) is 2.37. The second kappa shape index (κ2) is 7.11. The molecule has 0 aromatic heterocycles. The summed E-state index contributed by atoms with van der Waals surface area (Å²) in [5, 5.41) is 2.89. The van der Waals surface area contributed by atoms with Gasteiger partial charge in [-0.3, -0.25) is 9.59 Å². The van der Waals surface area contributed by atoms with Crippen molar-refractivity contribution >= 4 is 29.1 Å². The second-order valence-corrected chi connectivity index (χ2v) is 4.70. The Morgan fingerprint density at radius 1 is 1.42 bits per heavy atom. The van der Waals surface area contributed by atoms with Gasteiger partial charge in [0.2, 0.25) is 11.8 Å². The molecule has 5 nitrogen and oxygen atoms in total. The normalized spacial score (nSPS) is 11.9. The monoisotopic (exact) mass is 283 g/mol. The molecule has 104 valence electrons. The Labute approximate surface area is 117 Å². The zero-order valence-electron chi connectivity index (χ0n) is 10.8. The maximum Gasteiger partial charge on any atom is 0.250 e. The maximum atomic E-state index is 11.8. The largest absolute Gasteiger partial charge is 0.366 e. The number of nitrogens with two attached hydrogens (primary N) is 2. The number of amides is 2. The number of halogens is 1. The third-order valence-electron chi connectivity index (χ3n) is 2.70. The first-order chi connectivity index (χ1) is 8.95. The van der Waals surface area contributed by atoms with Crippen LogP contribution in [0.4, 0.5) is 5.69 Å². The minimum Gasteiger partial charge on any atom is -0.366 e. The number of primary amides is 1. The highest BCUT2D eigenvalue weighted by molar-refractivity contribution is 6.34. The highest BCUT2D eigenvalue weighted by Crippen LogP contribution is 2.20. The summed E-state index contributed by atoms with van der Waals surface area (Å²) in [7, 11) is 0. The van der Waals surface area contributed by atoms with Gasteiger partial charge in [0, 0.05) is 5.69 Å². The number of anilines is 1. The first kappa shape index (κ1) is 15.5. The van der Waals surface area contributed by atoms with E-state index in [0.29, 0.717) is 12.1 Å². The van der Waals surface area contributed by atoms with Crippen LogP contribution in [0.15, 0.2) is 18.2 Å². The van der Waals surface area contributed by atoms with Crippen LogP contribution in [-0.4, -0.2) is 17.9 Å². The molecule has 0 radical (unpaired) electrons. The molecule has 2 amide bonds. The molecule has 0 bridgehead atoms. The quantitative estimate of drug-likeness (QED) is 0.743. The van der Waals surface area contributed by atoms with Crippen LogP contribution < -0.4 is 16.8 Å². The third kappa shape index (κ3) is 4.54. The minimum atomic E-state index is -0.642. The van der Waals surface area contributed by atoms with Gasteiger partial charge >= 0.3 is 0 Å². The number of carbonyl (C=O) groups excluding carboxylic acids is 2. The van der Waals surface area contributed by atoms with E-state index in [1.54, 1.807) is 6.07 Å². The highest BCUT2D eigenvalue weighted by atomic mass is 35.5. The zero-order valence-corrected chi connectivity index (χ0v) is 11.5. The van der Waals surface area contributed by atoms with Crippen molar-refractivity contribution in [3.05, 3.63) is 28.8 Å². The SMILES string of the molecule is CCCC[C@H](N)C(=O)Nc1ccc(Cl)c(C(N)=O)c1. The van der Waals surface area contributed by atoms with Gasteiger partial charge in [0.15, 0.2) is 0 Å². The summed E-state index contributed by atoms with van der Waals surface area (Å²) in [6.07, 6.45) is 2.49. The van der Waals surface area contributed by atoms with Crippen molar-refractivity contribution in [2.24, 2.45) is 11.5 Å². The van der Waals surface area contributed by atoms with E-state index in [0.717, 1.165) is 12.8 Å². The van der Waals surface area contributed by atoms with Gasteiger partial charge in [-0.15, -0.1) is 0 Å². The highest BCUT2D eigenvalue weighted by Gasteiger charge is 2.14. The van der Waals surface area contributed by atoms with Crippen molar-refractivity contribution in [3.63, 3.8) is 0 Å². The molecular weight excluding hydrogens is 266 g/mol. The molecule has 0 aliphatic carbocycles. The lowest BCUT2D eigenvalue weighted by atomic mass is 10.1. The fourth-order valence-electron chi connectivity index (χ4n) is 1.58. The van der Waals surface area contributed by atoms with Crippen LogP contribution in [0.1, 0.15) is 36.5 Å². The summed E-state index contributed by atoms with van der Waals surface area (Å²) >= 11 is 5.82. The lowest BCUT2D eigenvalue weighted by Gasteiger charge is -2.12. The number of hydrogen-bond donors (Lipinski definition) is 3. The molecule has 0 unspecified atom stereocenters. The van der Waals surface area contributed by atoms with E-state index in [2.05, 4.69) is 5.32 Å². The van der Waals surface area contributed by atoms with Gasteiger partial charge < -0.3 is 16.8 Å². The Morgan fingerprint density at radius 2 is 2.11 bits per heavy atom. The fraction of sp³-hybridized carbons (Fsp3) is 0.385. The molecule has 0 fully saturated rings. The molecule has 1 atom stereocenters. The van der Waals surface area contributed by atoms with Crippen LogP contribution in [-0.2, 0) is 4.79 Å². The lowest BCUT2D eigenvalue weighted by molar-refractivity contribution is -0.117. The molecule has 0 saturated carbocycles. The van der Waals surface area contributed by atoms with Crippen LogP contribution in [0.2, 0.25) is 5.02 Å². The second-order valence-electron chi connectivity index (χ2n) is 4.30. The summed E-state index contributed by atoms with van der Waals surface area (Å²) in [4.78, 5) is 22.9. The van der Waals surface area contributed by atoms with E-state index in [4.69, 9.17) is 23.1 Å². The number of carbonyl (C=O) groups is 2. The fourth-order valence-corrected chi connectivity index (χ4v) is 1.79. The summed E-state index contributed by atoms with van der Waals surface area (Å²) in [5.74, 6) is -0.928. The van der Waals surface area contributed by atoms with Gasteiger partial charge in [-0.05, 0) is 24.6 Å². The molecule has 0 saturated heterocycles. The van der Waals surface area contributed by atoms with Gasteiger partial charge in [-0.1, -0.05) is 31.4 Å². The van der Waals surface area contributed by atoms with E-state index in [1.165, 1.54) is 12.1 Å². The predicted molar refractivity (Wildman–Crippen MR) is 76.1 cm³/mol. The lowest BCUT2D eigenvalue weighted by Crippen LogP contribution is -2.35. The Balaban J connectivity index is 2.74. The topological polar surface area (TPSA) is 98.2 Å². The Kier molecular flexibility index (Phi) is 5.79. The summed E-state index contributed by atoms with van der Waals surface area (Å²) < 4.78 is 0. The molecule has 1 rings (SSSR count). The number of rotatable bonds is 6. The van der Waals surface area contributed by atoms with E-state index in [9.17, 15) is 9.59 Å². The van der Waals surface area contributed by atoms with Crippen molar-refractivity contribution in [2.45, 2.75) is 32.2 Å².